The summed E-state index contributed by atoms with van der Waals surface area (Å²) in [5.74, 6) is 0.758. The first-order valence-electron chi connectivity index (χ1n) is 6.65. The molecule has 0 saturated heterocycles. The van der Waals surface area contributed by atoms with Gasteiger partial charge in [-0.15, -0.1) is 11.6 Å². The number of rotatable bonds is 5. The second-order valence-electron chi connectivity index (χ2n) is 5.09. The van der Waals surface area contributed by atoms with Crippen LogP contribution in [0.1, 0.15) is 36.0 Å². The summed E-state index contributed by atoms with van der Waals surface area (Å²) in [6, 6.07) is 7.03. The molecule has 0 spiro atoms. The Morgan fingerprint density at radius 2 is 1.94 bits per heavy atom. The van der Waals surface area contributed by atoms with Gasteiger partial charge in [0.05, 0.1) is 0 Å². The Bertz CT molecular complexity index is 362. The number of aryl methyl sites for hydroxylation is 2. The van der Waals surface area contributed by atoms with Crippen molar-refractivity contribution in [3.63, 3.8) is 0 Å². The lowest BCUT2D eigenvalue weighted by Crippen LogP contribution is -2.19. The smallest absolute Gasteiger partial charge is 0.0235 e. The molecule has 0 fully saturated rings. The fourth-order valence-electron chi connectivity index (χ4n) is 2.61. The molecule has 0 atom stereocenters. The lowest BCUT2D eigenvalue weighted by molar-refractivity contribution is 0.328. The van der Waals surface area contributed by atoms with E-state index >= 15 is 0 Å². The van der Waals surface area contributed by atoms with Gasteiger partial charge in [-0.2, -0.15) is 0 Å². The Morgan fingerprint density at radius 3 is 2.71 bits per heavy atom. The predicted molar refractivity (Wildman–Crippen MR) is 74.8 cm³/mol. The Balaban J connectivity index is 1.97. The molecular formula is C15H22ClN. The second kappa shape index (κ2) is 6.42. The topological polar surface area (TPSA) is 3.24 Å². The molecule has 0 saturated carbocycles. The monoisotopic (exact) mass is 251 g/mol. The normalized spacial score (nSPS) is 15.0. The fourth-order valence-corrected chi connectivity index (χ4v) is 2.73. The molecule has 0 aromatic heterocycles. The van der Waals surface area contributed by atoms with Crippen LogP contribution in [0.2, 0.25) is 0 Å². The van der Waals surface area contributed by atoms with Gasteiger partial charge in [0, 0.05) is 12.4 Å². The van der Waals surface area contributed by atoms with Crippen molar-refractivity contribution in [1.82, 2.24) is 4.90 Å². The molecule has 1 aromatic carbocycles. The maximum atomic E-state index is 5.72. The molecule has 2 rings (SSSR count). The Morgan fingerprint density at radius 1 is 1.18 bits per heavy atom. The van der Waals surface area contributed by atoms with E-state index in [0.717, 1.165) is 25.4 Å². The molecule has 0 N–H and O–H groups in total. The molecule has 0 aliphatic heterocycles. The van der Waals surface area contributed by atoms with E-state index in [1.165, 1.54) is 31.2 Å². The number of alkyl halides is 1. The quantitative estimate of drug-likeness (QED) is 0.723. The minimum absolute atomic E-state index is 0.758. The standard InChI is InChI=1S/C15H22ClN/c1-17(10-4-9-16)12-13-7-8-14-5-2-3-6-15(14)11-13/h7-8,11H,2-6,9-10,12H2,1H3. The van der Waals surface area contributed by atoms with E-state index in [1.54, 1.807) is 11.1 Å². The summed E-state index contributed by atoms with van der Waals surface area (Å²) in [6.07, 6.45) is 6.34. The summed E-state index contributed by atoms with van der Waals surface area (Å²) in [5, 5.41) is 0. The molecule has 1 aromatic rings. The lowest BCUT2D eigenvalue weighted by atomic mass is 9.90. The average molecular weight is 252 g/mol. The van der Waals surface area contributed by atoms with Crippen molar-refractivity contribution < 1.29 is 0 Å². The van der Waals surface area contributed by atoms with Crippen LogP contribution in [0.15, 0.2) is 18.2 Å². The van der Waals surface area contributed by atoms with E-state index in [1.807, 2.05) is 0 Å². The van der Waals surface area contributed by atoms with E-state index in [0.29, 0.717) is 0 Å². The number of benzene rings is 1. The molecule has 0 heterocycles. The number of hydrogen-bond donors (Lipinski definition) is 0. The zero-order valence-corrected chi connectivity index (χ0v) is 11.5. The first-order valence-corrected chi connectivity index (χ1v) is 7.18. The van der Waals surface area contributed by atoms with Crippen molar-refractivity contribution in [2.45, 2.75) is 38.6 Å². The van der Waals surface area contributed by atoms with Crippen LogP contribution in [0.3, 0.4) is 0 Å². The highest BCUT2D eigenvalue weighted by molar-refractivity contribution is 6.17. The molecule has 1 nitrogen and oxygen atoms in total. The van der Waals surface area contributed by atoms with Crippen molar-refractivity contribution in [2.75, 3.05) is 19.5 Å². The van der Waals surface area contributed by atoms with Crippen molar-refractivity contribution in [3.05, 3.63) is 34.9 Å². The van der Waals surface area contributed by atoms with Gasteiger partial charge in [0.15, 0.2) is 0 Å². The highest BCUT2D eigenvalue weighted by Gasteiger charge is 2.10. The molecule has 0 radical (unpaired) electrons. The predicted octanol–water partition coefficient (Wildman–Crippen LogP) is 3.63. The Hall–Kier alpha value is -0.530. The van der Waals surface area contributed by atoms with E-state index < -0.39 is 0 Å². The third-order valence-electron chi connectivity index (χ3n) is 3.54. The van der Waals surface area contributed by atoms with Crippen LogP contribution in [0.25, 0.3) is 0 Å². The fraction of sp³-hybridized carbons (Fsp3) is 0.600. The third-order valence-corrected chi connectivity index (χ3v) is 3.81. The number of hydrogen-bond acceptors (Lipinski definition) is 1. The maximum Gasteiger partial charge on any atom is 0.0235 e. The lowest BCUT2D eigenvalue weighted by Gasteiger charge is -2.19. The van der Waals surface area contributed by atoms with Gasteiger partial charge in [-0.3, -0.25) is 0 Å². The maximum absolute atomic E-state index is 5.72. The summed E-state index contributed by atoms with van der Waals surface area (Å²) in [4.78, 5) is 2.35. The Labute approximate surface area is 110 Å². The number of fused-ring (bicyclic) bond motifs is 1. The number of halogens is 1. The van der Waals surface area contributed by atoms with Crippen molar-refractivity contribution in [1.29, 1.82) is 0 Å². The van der Waals surface area contributed by atoms with Gasteiger partial charge in [0.2, 0.25) is 0 Å². The van der Waals surface area contributed by atoms with Gasteiger partial charge in [-0.25, -0.2) is 0 Å². The van der Waals surface area contributed by atoms with Crippen molar-refractivity contribution >= 4 is 11.6 Å². The van der Waals surface area contributed by atoms with Crippen LogP contribution < -0.4 is 0 Å². The SMILES string of the molecule is CN(CCCCl)Cc1ccc2c(c1)CCCC2. The molecule has 0 amide bonds. The molecule has 17 heavy (non-hydrogen) atoms. The van der Waals surface area contributed by atoms with Crippen LogP contribution in [-0.2, 0) is 19.4 Å². The summed E-state index contributed by atoms with van der Waals surface area (Å²) in [6.45, 7) is 2.13. The zero-order chi connectivity index (χ0) is 12.1. The van der Waals surface area contributed by atoms with E-state index in [2.05, 4.69) is 30.1 Å². The summed E-state index contributed by atoms with van der Waals surface area (Å²) in [5.41, 5.74) is 4.60. The Kier molecular flexibility index (Phi) is 4.87. The van der Waals surface area contributed by atoms with Crippen LogP contribution >= 0.6 is 11.6 Å². The first-order chi connectivity index (χ1) is 8.29. The molecule has 94 valence electrons. The number of nitrogens with zero attached hydrogens (tertiary/aromatic N) is 1. The third kappa shape index (κ3) is 3.72. The van der Waals surface area contributed by atoms with Crippen LogP contribution in [0, 0.1) is 0 Å². The van der Waals surface area contributed by atoms with E-state index in [-0.39, 0.29) is 0 Å². The van der Waals surface area contributed by atoms with Gasteiger partial charge >= 0.3 is 0 Å². The van der Waals surface area contributed by atoms with Crippen LogP contribution in [0.5, 0.6) is 0 Å². The molecule has 0 bridgehead atoms. The average Bonchev–Trinajstić information content (AvgIpc) is 2.36. The molecule has 2 heteroatoms. The first kappa shape index (κ1) is 12.9. The van der Waals surface area contributed by atoms with Crippen LogP contribution in [0.4, 0.5) is 0 Å². The van der Waals surface area contributed by atoms with Gasteiger partial charge in [0.25, 0.3) is 0 Å². The molecule has 0 unspecified atom stereocenters. The largest absolute Gasteiger partial charge is 0.302 e. The van der Waals surface area contributed by atoms with Gasteiger partial charge in [-0.05, 0) is 62.4 Å². The van der Waals surface area contributed by atoms with E-state index in [9.17, 15) is 0 Å². The molecular weight excluding hydrogens is 230 g/mol. The highest BCUT2D eigenvalue weighted by atomic mass is 35.5. The molecule has 1 aliphatic carbocycles. The van der Waals surface area contributed by atoms with Crippen LogP contribution in [-0.4, -0.2) is 24.4 Å². The zero-order valence-electron chi connectivity index (χ0n) is 10.7. The minimum Gasteiger partial charge on any atom is -0.302 e. The van der Waals surface area contributed by atoms with Crippen molar-refractivity contribution in [2.24, 2.45) is 0 Å². The summed E-state index contributed by atoms with van der Waals surface area (Å²) < 4.78 is 0. The van der Waals surface area contributed by atoms with E-state index in [4.69, 9.17) is 11.6 Å². The second-order valence-corrected chi connectivity index (χ2v) is 5.47. The summed E-state index contributed by atoms with van der Waals surface area (Å²) >= 11 is 5.72. The van der Waals surface area contributed by atoms with Gasteiger partial charge in [-0.1, -0.05) is 18.2 Å². The molecule has 1 aliphatic rings. The highest BCUT2D eigenvalue weighted by Crippen LogP contribution is 2.22. The minimum atomic E-state index is 0.758. The van der Waals surface area contributed by atoms with Gasteiger partial charge < -0.3 is 4.90 Å². The van der Waals surface area contributed by atoms with Gasteiger partial charge in [0.1, 0.15) is 0 Å². The summed E-state index contributed by atoms with van der Waals surface area (Å²) in [7, 11) is 2.17. The van der Waals surface area contributed by atoms with Crippen molar-refractivity contribution in [3.8, 4) is 0 Å².